The number of nitrogens with one attached hydrogen (secondary N) is 2. The number of primary amides is 1. The smallest absolute Gasteiger partial charge is 0.408 e. The molecule has 0 spiro atoms. The molecule has 8 heteroatoms. The van der Waals surface area contributed by atoms with Crippen molar-refractivity contribution in [3.8, 4) is 0 Å². The quantitative estimate of drug-likeness (QED) is 0.584. The van der Waals surface area contributed by atoms with Crippen LogP contribution < -0.4 is 16.4 Å². The number of amides is 3. The van der Waals surface area contributed by atoms with Gasteiger partial charge in [-0.15, -0.1) is 0 Å². The van der Waals surface area contributed by atoms with Crippen LogP contribution in [-0.2, 0) is 27.4 Å². The van der Waals surface area contributed by atoms with Crippen molar-refractivity contribution in [2.75, 3.05) is 0 Å². The summed E-state index contributed by atoms with van der Waals surface area (Å²) < 4.78 is 18.2. The van der Waals surface area contributed by atoms with Gasteiger partial charge in [0.2, 0.25) is 11.8 Å². The van der Waals surface area contributed by atoms with Gasteiger partial charge in [-0.25, -0.2) is 9.18 Å². The third-order valence-electron chi connectivity index (χ3n) is 4.45. The second-order valence-electron chi connectivity index (χ2n) is 7.22. The Labute approximate surface area is 174 Å². The Balaban J connectivity index is 1.97. The average molecular weight is 415 g/mol. The number of halogens is 1. The van der Waals surface area contributed by atoms with Crippen molar-refractivity contribution in [1.82, 2.24) is 10.6 Å². The molecule has 0 heterocycles. The second kappa shape index (κ2) is 10.9. The van der Waals surface area contributed by atoms with E-state index >= 15 is 0 Å². The maximum Gasteiger partial charge on any atom is 0.408 e. The molecule has 0 saturated carbocycles. The van der Waals surface area contributed by atoms with E-state index in [1.165, 1.54) is 24.3 Å². The first-order valence-corrected chi connectivity index (χ1v) is 9.57. The topological polar surface area (TPSA) is 111 Å². The van der Waals surface area contributed by atoms with Gasteiger partial charge in [0.1, 0.15) is 24.5 Å². The van der Waals surface area contributed by atoms with Gasteiger partial charge >= 0.3 is 6.09 Å². The third kappa shape index (κ3) is 7.20. The van der Waals surface area contributed by atoms with Crippen LogP contribution in [0.5, 0.6) is 0 Å². The number of alkyl carbamates (subject to hydrolysis) is 1. The zero-order valence-corrected chi connectivity index (χ0v) is 16.9. The minimum absolute atomic E-state index is 0.0631. The molecule has 0 aliphatic heterocycles. The summed E-state index contributed by atoms with van der Waals surface area (Å²) in [6.45, 7) is 3.57. The first-order valence-electron chi connectivity index (χ1n) is 9.57. The molecule has 2 aromatic rings. The van der Waals surface area contributed by atoms with E-state index in [0.29, 0.717) is 5.56 Å². The van der Waals surface area contributed by atoms with Crippen molar-refractivity contribution in [1.29, 1.82) is 0 Å². The van der Waals surface area contributed by atoms with E-state index in [0.717, 1.165) is 5.56 Å². The van der Waals surface area contributed by atoms with E-state index < -0.39 is 35.8 Å². The highest BCUT2D eigenvalue weighted by Crippen LogP contribution is 2.08. The summed E-state index contributed by atoms with van der Waals surface area (Å²) in [6.07, 6.45) is -0.646. The Morgan fingerprint density at radius 1 is 0.967 bits per heavy atom. The molecular formula is C22H26FN3O4. The summed E-state index contributed by atoms with van der Waals surface area (Å²) in [4.78, 5) is 36.6. The number of hydrogen-bond acceptors (Lipinski definition) is 4. The predicted octanol–water partition coefficient (Wildman–Crippen LogP) is 2.29. The molecular weight excluding hydrogens is 389 g/mol. The Morgan fingerprint density at radius 3 is 2.17 bits per heavy atom. The molecule has 0 aromatic heterocycles. The number of nitrogens with two attached hydrogens (primary N) is 1. The average Bonchev–Trinajstić information content (AvgIpc) is 2.71. The van der Waals surface area contributed by atoms with Crippen molar-refractivity contribution in [3.05, 3.63) is 71.5 Å². The molecule has 3 amide bonds. The van der Waals surface area contributed by atoms with Crippen LogP contribution in [-0.4, -0.2) is 30.0 Å². The lowest BCUT2D eigenvalue weighted by molar-refractivity contribution is -0.129. The van der Waals surface area contributed by atoms with E-state index in [2.05, 4.69) is 10.6 Å². The van der Waals surface area contributed by atoms with Crippen LogP contribution in [0.4, 0.5) is 9.18 Å². The van der Waals surface area contributed by atoms with E-state index in [-0.39, 0.29) is 18.9 Å². The van der Waals surface area contributed by atoms with Crippen molar-refractivity contribution >= 4 is 17.9 Å². The fourth-order valence-electron chi connectivity index (χ4n) is 2.77. The maximum atomic E-state index is 13.1. The van der Waals surface area contributed by atoms with Gasteiger partial charge in [-0.2, -0.15) is 0 Å². The van der Waals surface area contributed by atoms with Gasteiger partial charge in [-0.3, -0.25) is 9.59 Å². The molecule has 7 nitrogen and oxygen atoms in total. The van der Waals surface area contributed by atoms with Crippen molar-refractivity contribution in [2.24, 2.45) is 11.7 Å². The summed E-state index contributed by atoms with van der Waals surface area (Å²) in [5, 5.41) is 5.09. The van der Waals surface area contributed by atoms with Gasteiger partial charge in [0.15, 0.2) is 0 Å². The number of ether oxygens (including phenoxy) is 1. The van der Waals surface area contributed by atoms with E-state index in [1.54, 1.807) is 13.8 Å². The first-order chi connectivity index (χ1) is 14.3. The van der Waals surface area contributed by atoms with Crippen molar-refractivity contribution in [2.45, 2.75) is 39.0 Å². The lowest BCUT2D eigenvalue weighted by Gasteiger charge is -2.24. The van der Waals surface area contributed by atoms with Gasteiger partial charge in [0.25, 0.3) is 0 Å². The van der Waals surface area contributed by atoms with Crippen LogP contribution in [0.3, 0.4) is 0 Å². The van der Waals surface area contributed by atoms with Gasteiger partial charge in [-0.05, 0) is 29.2 Å². The Bertz CT molecular complexity index is 856. The van der Waals surface area contributed by atoms with Crippen LogP contribution in [0.15, 0.2) is 54.6 Å². The monoisotopic (exact) mass is 415 g/mol. The van der Waals surface area contributed by atoms with Gasteiger partial charge < -0.3 is 21.1 Å². The molecule has 0 radical (unpaired) electrons. The number of carbonyl (C=O) groups is 3. The Kier molecular flexibility index (Phi) is 8.34. The standard InChI is InChI=1S/C22H26FN3O4/c1-14(2)19(26-22(29)30-13-16-6-4-3-5-7-16)21(28)25-18(20(24)27)12-15-8-10-17(23)11-9-15/h3-11,14,18-19H,12-13H2,1-2H3,(H2,24,27)(H,25,28)(H,26,29)/t18-,19+/m1/s1. The minimum atomic E-state index is -1.01. The van der Waals surface area contributed by atoms with Crippen LogP contribution in [0.1, 0.15) is 25.0 Å². The lowest BCUT2D eigenvalue weighted by Crippen LogP contribution is -2.55. The number of carbonyl (C=O) groups excluding carboxylic acids is 3. The normalized spacial score (nSPS) is 12.7. The maximum absolute atomic E-state index is 13.1. The molecule has 2 aromatic carbocycles. The second-order valence-corrected chi connectivity index (χ2v) is 7.22. The molecule has 2 atom stereocenters. The molecule has 2 rings (SSSR count). The summed E-state index contributed by atoms with van der Waals surface area (Å²) in [5.41, 5.74) is 6.86. The number of benzene rings is 2. The largest absolute Gasteiger partial charge is 0.445 e. The van der Waals surface area contributed by atoms with Crippen LogP contribution in [0.2, 0.25) is 0 Å². The molecule has 30 heavy (non-hydrogen) atoms. The van der Waals surface area contributed by atoms with Crippen LogP contribution in [0.25, 0.3) is 0 Å². The molecule has 160 valence electrons. The number of hydrogen-bond donors (Lipinski definition) is 3. The van der Waals surface area contributed by atoms with Gasteiger partial charge in [-0.1, -0.05) is 56.3 Å². The molecule has 0 aliphatic rings. The highest BCUT2D eigenvalue weighted by atomic mass is 19.1. The van der Waals surface area contributed by atoms with Gasteiger partial charge in [0, 0.05) is 6.42 Å². The molecule has 0 saturated heterocycles. The summed E-state index contributed by atoms with van der Waals surface area (Å²) in [7, 11) is 0. The molecule has 0 bridgehead atoms. The highest BCUT2D eigenvalue weighted by molar-refractivity contribution is 5.91. The highest BCUT2D eigenvalue weighted by Gasteiger charge is 2.28. The van der Waals surface area contributed by atoms with Crippen LogP contribution in [0, 0.1) is 11.7 Å². The lowest BCUT2D eigenvalue weighted by atomic mass is 10.0. The predicted molar refractivity (Wildman–Crippen MR) is 110 cm³/mol. The zero-order chi connectivity index (χ0) is 22.1. The SMILES string of the molecule is CC(C)[C@H](NC(=O)OCc1ccccc1)C(=O)N[C@H](Cc1ccc(F)cc1)C(N)=O. The molecule has 4 N–H and O–H groups in total. The number of rotatable bonds is 9. The van der Waals surface area contributed by atoms with Crippen molar-refractivity contribution < 1.29 is 23.5 Å². The van der Waals surface area contributed by atoms with Gasteiger partial charge in [0.05, 0.1) is 0 Å². The molecule has 0 aliphatic carbocycles. The fraction of sp³-hybridized carbons (Fsp3) is 0.318. The zero-order valence-electron chi connectivity index (χ0n) is 16.9. The minimum Gasteiger partial charge on any atom is -0.445 e. The molecule has 0 unspecified atom stereocenters. The van der Waals surface area contributed by atoms with Crippen molar-refractivity contribution in [3.63, 3.8) is 0 Å². The first kappa shape index (κ1) is 22.9. The van der Waals surface area contributed by atoms with E-state index in [4.69, 9.17) is 10.5 Å². The summed E-state index contributed by atoms with van der Waals surface area (Å²) >= 11 is 0. The summed E-state index contributed by atoms with van der Waals surface area (Å²) in [5.74, 6) is -1.97. The van der Waals surface area contributed by atoms with E-state index in [9.17, 15) is 18.8 Å². The Hall–Kier alpha value is -3.42. The molecule has 0 fully saturated rings. The Morgan fingerprint density at radius 2 is 1.60 bits per heavy atom. The summed E-state index contributed by atoms with van der Waals surface area (Å²) in [6, 6.07) is 12.7. The van der Waals surface area contributed by atoms with Crippen LogP contribution >= 0.6 is 0 Å². The third-order valence-corrected chi connectivity index (χ3v) is 4.45. The fourth-order valence-corrected chi connectivity index (χ4v) is 2.77. The van der Waals surface area contributed by atoms with E-state index in [1.807, 2.05) is 30.3 Å².